The molecule has 2 nitrogen and oxygen atoms in total. The Morgan fingerprint density at radius 1 is 1.24 bits per heavy atom. The van der Waals surface area contributed by atoms with Gasteiger partial charge in [-0.2, -0.15) is 0 Å². The Hall–Kier alpha value is -1.32. The van der Waals surface area contributed by atoms with Crippen molar-refractivity contribution in [1.29, 1.82) is 0 Å². The Balaban J connectivity index is 2.42. The van der Waals surface area contributed by atoms with Gasteiger partial charge in [0.2, 0.25) is 0 Å². The molecule has 0 spiro atoms. The molecule has 0 bridgehead atoms. The van der Waals surface area contributed by atoms with E-state index in [1.807, 2.05) is 43.5 Å². The van der Waals surface area contributed by atoms with Crippen LogP contribution in [0.1, 0.15) is 27.7 Å². The maximum absolute atomic E-state index is 10.4. The van der Waals surface area contributed by atoms with Gasteiger partial charge in [-0.1, -0.05) is 11.6 Å². The molecule has 2 rings (SSSR count). The number of thiophene rings is 1. The zero-order valence-corrected chi connectivity index (χ0v) is 11.0. The Morgan fingerprint density at radius 3 is 2.59 bits per heavy atom. The molecule has 0 aliphatic heterocycles. The van der Waals surface area contributed by atoms with Crippen molar-refractivity contribution < 1.29 is 9.84 Å². The lowest BCUT2D eigenvalue weighted by Crippen LogP contribution is -2.01. The third kappa shape index (κ3) is 2.51. The highest BCUT2D eigenvalue weighted by atomic mass is 32.1. The lowest BCUT2D eigenvalue weighted by Gasteiger charge is -2.14. The van der Waals surface area contributed by atoms with E-state index in [0.717, 1.165) is 22.4 Å². The number of aryl methyl sites for hydroxylation is 2. The van der Waals surface area contributed by atoms with E-state index in [2.05, 4.69) is 0 Å². The number of benzene rings is 1. The molecule has 0 saturated heterocycles. The van der Waals surface area contributed by atoms with Crippen molar-refractivity contribution in [2.75, 3.05) is 7.11 Å². The van der Waals surface area contributed by atoms with Gasteiger partial charge in [0.15, 0.2) is 0 Å². The van der Waals surface area contributed by atoms with Gasteiger partial charge in [0.1, 0.15) is 11.9 Å². The average Bonchev–Trinajstić information content (AvgIpc) is 2.75. The van der Waals surface area contributed by atoms with E-state index in [1.165, 1.54) is 4.88 Å². The van der Waals surface area contributed by atoms with E-state index in [1.54, 1.807) is 18.4 Å². The minimum Gasteiger partial charge on any atom is -0.496 e. The predicted molar refractivity (Wildman–Crippen MR) is 70.8 cm³/mol. The van der Waals surface area contributed by atoms with Crippen LogP contribution in [-0.2, 0) is 0 Å². The molecule has 1 heterocycles. The van der Waals surface area contributed by atoms with Gasteiger partial charge in [0.05, 0.1) is 7.11 Å². The van der Waals surface area contributed by atoms with Gasteiger partial charge in [0.25, 0.3) is 0 Å². The quantitative estimate of drug-likeness (QED) is 0.901. The lowest BCUT2D eigenvalue weighted by atomic mass is 10.0. The van der Waals surface area contributed by atoms with E-state index in [0.29, 0.717) is 0 Å². The van der Waals surface area contributed by atoms with E-state index in [-0.39, 0.29) is 0 Å². The van der Waals surface area contributed by atoms with Gasteiger partial charge in [-0.25, -0.2) is 0 Å². The molecular formula is C14H16O2S. The molecule has 1 N–H and O–H groups in total. The van der Waals surface area contributed by atoms with Crippen LogP contribution in [0, 0.1) is 13.8 Å². The summed E-state index contributed by atoms with van der Waals surface area (Å²) in [5, 5.41) is 12.4. The zero-order valence-electron chi connectivity index (χ0n) is 10.2. The first kappa shape index (κ1) is 12.1. The van der Waals surface area contributed by atoms with Crippen LogP contribution in [0.3, 0.4) is 0 Å². The highest BCUT2D eigenvalue weighted by molar-refractivity contribution is 7.10. The molecule has 17 heavy (non-hydrogen) atoms. The number of methoxy groups -OCH3 is 1. The van der Waals surface area contributed by atoms with Gasteiger partial charge >= 0.3 is 0 Å². The van der Waals surface area contributed by atoms with Crippen molar-refractivity contribution in [3.05, 3.63) is 51.2 Å². The summed E-state index contributed by atoms with van der Waals surface area (Å²) in [5.41, 5.74) is 2.87. The first-order valence-electron chi connectivity index (χ1n) is 5.49. The summed E-state index contributed by atoms with van der Waals surface area (Å²) in [6, 6.07) is 7.86. The molecule has 0 aliphatic carbocycles. The summed E-state index contributed by atoms with van der Waals surface area (Å²) >= 11 is 1.64. The third-order valence-corrected chi connectivity index (χ3v) is 3.63. The topological polar surface area (TPSA) is 29.5 Å². The van der Waals surface area contributed by atoms with E-state index >= 15 is 0 Å². The monoisotopic (exact) mass is 248 g/mol. The SMILES string of the molecule is COc1ccc(C)cc1C(O)c1csc(C)c1. The first-order valence-corrected chi connectivity index (χ1v) is 6.37. The fourth-order valence-electron chi connectivity index (χ4n) is 1.85. The minimum atomic E-state index is -0.616. The molecule has 3 heteroatoms. The molecule has 0 saturated carbocycles. The van der Waals surface area contributed by atoms with Crippen molar-refractivity contribution in [3.63, 3.8) is 0 Å². The number of ether oxygens (including phenoxy) is 1. The minimum absolute atomic E-state index is 0.616. The Bertz CT molecular complexity index is 517. The average molecular weight is 248 g/mol. The fourth-order valence-corrected chi connectivity index (χ4v) is 2.58. The van der Waals surface area contributed by atoms with Crippen LogP contribution in [0.2, 0.25) is 0 Å². The normalized spacial score (nSPS) is 12.5. The van der Waals surface area contributed by atoms with Crippen molar-refractivity contribution in [2.24, 2.45) is 0 Å². The molecule has 1 atom stereocenters. The van der Waals surface area contributed by atoms with Crippen molar-refractivity contribution >= 4 is 11.3 Å². The number of hydrogen-bond donors (Lipinski definition) is 1. The molecular weight excluding hydrogens is 232 g/mol. The predicted octanol–water partition coefficient (Wildman–Crippen LogP) is 3.46. The third-order valence-electron chi connectivity index (χ3n) is 2.75. The molecule has 90 valence electrons. The molecule has 0 amide bonds. The van der Waals surface area contributed by atoms with Crippen LogP contribution < -0.4 is 4.74 Å². The molecule has 1 aromatic heterocycles. The summed E-state index contributed by atoms with van der Waals surface area (Å²) < 4.78 is 5.29. The van der Waals surface area contributed by atoms with Crippen LogP contribution in [0.25, 0.3) is 0 Å². The lowest BCUT2D eigenvalue weighted by molar-refractivity contribution is 0.215. The summed E-state index contributed by atoms with van der Waals surface area (Å²) in [7, 11) is 1.62. The number of aliphatic hydroxyl groups excluding tert-OH is 1. The summed E-state index contributed by atoms with van der Waals surface area (Å²) in [4.78, 5) is 1.20. The van der Waals surface area contributed by atoms with Crippen LogP contribution in [-0.4, -0.2) is 12.2 Å². The highest BCUT2D eigenvalue weighted by Gasteiger charge is 2.16. The number of hydrogen-bond acceptors (Lipinski definition) is 3. The Morgan fingerprint density at radius 2 is 2.00 bits per heavy atom. The summed E-state index contributed by atoms with van der Waals surface area (Å²) in [6.45, 7) is 4.04. The van der Waals surface area contributed by atoms with Crippen LogP contribution in [0.15, 0.2) is 29.6 Å². The second-order valence-corrected chi connectivity index (χ2v) is 5.25. The Labute approximate surface area is 105 Å². The van der Waals surface area contributed by atoms with Gasteiger partial charge in [0, 0.05) is 10.4 Å². The molecule has 1 aromatic carbocycles. The van der Waals surface area contributed by atoms with Gasteiger partial charge in [-0.15, -0.1) is 11.3 Å². The maximum Gasteiger partial charge on any atom is 0.125 e. The van der Waals surface area contributed by atoms with Crippen molar-refractivity contribution in [2.45, 2.75) is 20.0 Å². The fraction of sp³-hybridized carbons (Fsp3) is 0.286. The second-order valence-electron chi connectivity index (χ2n) is 4.14. The molecule has 0 aliphatic rings. The van der Waals surface area contributed by atoms with Gasteiger partial charge < -0.3 is 9.84 Å². The van der Waals surface area contributed by atoms with Gasteiger partial charge in [-0.05, 0) is 43.0 Å². The first-order chi connectivity index (χ1) is 8.11. The molecule has 0 fully saturated rings. The summed E-state index contributed by atoms with van der Waals surface area (Å²) in [6.07, 6.45) is -0.616. The van der Waals surface area contributed by atoms with E-state index in [4.69, 9.17) is 4.74 Å². The largest absolute Gasteiger partial charge is 0.496 e. The van der Waals surface area contributed by atoms with Crippen LogP contribution in [0.5, 0.6) is 5.75 Å². The molecule has 2 aromatic rings. The summed E-state index contributed by atoms with van der Waals surface area (Å²) in [5.74, 6) is 0.729. The number of aliphatic hydroxyl groups is 1. The zero-order chi connectivity index (χ0) is 12.4. The maximum atomic E-state index is 10.4. The number of rotatable bonds is 3. The van der Waals surface area contributed by atoms with E-state index in [9.17, 15) is 5.11 Å². The van der Waals surface area contributed by atoms with Crippen molar-refractivity contribution in [1.82, 2.24) is 0 Å². The standard InChI is InChI=1S/C14H16O2S/c1-9-4-5-13(16-3)12(6-9)14(15)11-7-10(2)17-8-11/h4-8,14-15H,1-3H3. The molecule has 0 radical (unpaired) electrons. The van der Waals surface area contributed by atoms with Crippen molar-refractivity contribution in [3.8, 4) is 5.75 Å². The van der Waals surface area contributed by atoms with Crippen LogP contribution in [0.4, 0.5) is 0 Å². The smallest absolute Gasteiger partial charge is 0.125 e. The van der Waals surface area contributed by atoms with Gasteiger partial charge in [-0.3, -0.25) is 0 Å². The van der Waals surface area contributed by atoms with E-state index < -0.39 is 6.10 Å². The molecule has 1 unspecified atom stereocenters. The highest BCUT2D eigenvalue weighted by Crippen LogP contribution is 2.32. The Kier molecular flexibility index (Phi) is 3.50. The van der Waals surface area contributed by atoms with Crippen LogP contribution >= 0.6 is 11.3 Å². The second kappa shape index (κ2) is 4.90.